The highest BCUT2D eigenvalue weighted by molar-refractivity contribution is 8.00. The van der Waals surface area contributed by atoms with Crippen LogP contribution in [0.4, 0.5) is 10.1 Å². The van der Waals surface area contributed by atoms with E-state index in [1.807, 2.05) is 33.8 Å². The molecule has 0 spiro atoms. The van der Waals surface area contributed by atoms with Crippen molar-refractivity contribution in [3.8, 4) is 11.6 Å². The number of benzene rings is 1. The molecule has 0 unspecified atom stereocenters. The molecule has 0 aliphatic carbocycles. The molecule has 1 saturated heterocycles. The number of nitrogens with one attached hydrogen (secondary N) is 1. The number of methoxy groups -OCH3 is 2. The number of halogens is 1. The van der Waals surface area contributed by atoms with E-state index < -0.39 is 24.1 Å². The van der Waals surface area contributed by atoms with Gasteiger partial charge in [-0.2, -0.15) is 0 Å². The summed E-state index contributed by atoms with van der Waals surface area (Å²) in [6.45, 7) is 7.97. The van der Waals surface area contributed by atoms with Gasteiger partial charge in [-0.1, -0.05) is 6.07 Å². The van der Waals surface area contributed by atoms with Gasteiger partial charge >= 0.3 is 7.12 Å². The predicted octanol–water partition coefficient (Wildman–Crippen LogP) is 3.66. The molecule has 1 aromatic heterocycles. The summed E-state index contributed by atoms with van der Waals surface area (Å²) in [5, 5.41) is 0. The minimum Gasteiger partial charge on any atom is -0.494 e. The van der Waals surface area contributed by atoms with Crippen molar-refractivity contribution in [3.63, 3.8) is 0 Å². The van der Waals surface area contributed by atoms with Crippen molar-refractivity contribution >= 4 is 30.2 Å². The highest BCUT2D eigenvalue weighted by atomic mass is 32.2. The average molecular weight is 406 g/mol. The minimum atomic E-state index is -0.545. The summed E-state index contributed by atoms with van der Waals surface area (Å²) in [6, 6.07) is 6.76. The standard InChI is InChI=1S/C19H24BFN2O4S/c1-18(2)19(3,4)27-20(26-18)12-10-15(17(25-6)22-11-12)28-23-13-8-7-9-14(24-5)16(13)21/h7-11,23H,1-6H3. The van der Waals surface area contributed by atoms with Gasteiger partial charge in [0.15, 0.2) is 11.6 Å². The number of hydrogen-bond donors (Lipinski definition) is 1. The summed E-state index contributed by atoms with van der Waals surface area (Å²) >= 11 is 1.19. The number of rotatable bonds is 6. The molecule has 2 heterocycles. The lowest BCUT2D eigenvalue weighted by Gasteiger charge is -2.32. The van der Waals surface area contributed by atoms with Crippen molar-refractivity contribution in [2.24, 2.45) is 0 Å². The second kappa shape index (κ2) is 7.81. The Hall–Kier alpha value is -1.97. The van der Waals surface area contributed by atoms with Gasteiger partial charge in [-0.15, -0.1) is 0 Å². The summed E-state index contributed by atoms with van der Waals surface area (Å²) < 4.78 is 39.9. The number of ether oxygens (including phenoxy) is 2. The number of nitrogens with zero attached hydrogens (tertiary/aromatic N) is 1. The van der Waals surface area contributed by atoms with Crippen LogP contribution in [0.3, 0.4) is 0 Å². The lowest BCUT2D eigenvalue weighted by Crippen LogP contribution is -2.41. The Bertz CT molecular complexity index is 850. The molecule has 0 amide bonds. The fourth-order valence-electron chi connectivity index (χ4n) is 2.64. The monoisotopic (exact) mass is 406 g/mol. The summed E-state index contributed by atoms with van der Waals surface area (Å²) in [5.41, 5.74) is 0.155. The fraction of sp³-hybridized carbons (Fsp3) is 0.421. The van der Waals surface area contributed by atoms with Crippen LogP contribution in [0.25, 0.3) is 0 Å². The number of anilines is 1. The highest BCUT2D eigenvalue weighted by Crippen LogP contribution is 2.37. The van der Waals surface area contributed by atoms with Crippen LogP contribution < -0.4 is 19.7 Å². The van der Waals surface area contributed by atoms with E-state index in [1.54, 1.807) is 24.4 Å². The Morgan fingerprint density at radius 2 is 1.79 bits per heavy atom. The van der Waals surface area contributed by atoms with E-state index in [-0.39, 0.29) is 5.75 Å². The Morgan fingerprint density at radius 3 is 2.39 bits per heavy atom. The van der Waals surface area contributed by atoms with Crippen LogP contribution in [0.2, 0.25) is 0 Å². The van der Waals surface area contributed by atoms with Gasteiger partial charge in [0.25, 0.3) is 0 Å². The first-order valence-electron chi connectivity index (χ1n) is 8.83. The first-order chi connectivity index (χ1) is 13.2. The number of pyridine rings is 1. The van der Waals surface area contributed by atoms with Crippen LogP contribution in [-0.4, -0.2) is 37.5 Å². The molecule has 9 heteroatoms. The third-order valence-corrected chi connectivity index (χ3v) is 5.85. The summed E-state index contributed by atoms with van der Waals surface area (Å²) in [6.07, 6.45) is 1.66. The van der Waals surface area contributed by atoms with Gasteiger partial charge in [-0.05, 0) is 57.8 Å². The summed E-state index contributed by atoms with van der Waals surface area (Å²) in [5.74, 6) is 0.120. The molecule has 1 aromatic carbocycles. The zero-order valence-corrected chi connectivity index (χ0v) is 17.6. The van der Waals surface area contributed by atoms with Crippen molar-refractivity contribution in [2.45, 2.75) is 43.8 Å². The Balaban J connectivity index is 1.83. The molecular weight excluding hydrogens is 382 g/mol. The molecular formula is C19H24BFN2O4S. The van der Waals surface area contributed by atoms with Gasteiger partial charge < -0.3 is 23.5 Å². The minimum absolute atomic E-state index is 0.168. The van der Waals surface area contributed by atoms with Crippen LogP contribution in [0.1, 0.15) is 27.7 Å². The van der Waals surface area contributed by atoms with Gasteiger partial charge in [0.1, 0.15) is 0 Å². The Morgan fingerprint density at radius 1 is 1.11 bits per heavy atom. The van der Waals surface area contributed by atoms with E-state index in [1.165, 1.54) is 26.2 Å². The highest BCUT2D eigenvalue weighted by Gasteiger charge is 2.51. The van der Waals surface area contributed by atoms with E-state index in [0.717, 1.165) is 5.46 Å². The maximum Gasteiger partial charge on any atom is 0.496 e. The van der Waals surface area contributed by atoms with Gasteiger partial charge in [-0.3, -0.25) is 0 Å². The molecule has 1 aliphatic rings. The smallest absolute Gasteiger partial charge is 0.494 e. The fourth-order valence-corrected chi connectivity index (χ4v) is 3.43. The van der Waals surface area contributed by atoms with Crippen molar-refractivity contribution < 1.29 is 23.2 Å². The lowest BCUT2D eigenvalue weighted by atomic mass is 9.80. The first-order valence-corrected chi connectivity index (χ1v) is 9.65. The molecule has 2 aromatic rings. The second-order valence-electron chi connectivity index (χ2n) is 7.39. The number of hydrogen-bond acceptors (Lipinski definition) is 7. The third-order valence-electron chi connectivity index (χ3n) is 5.01. The molecule has 1 N–H and O–H groups in total. The van der Waals surface area contributed by atoms with Crippen LogP contribution in [0, 0.1) is 5.82 Å². The molecule has 1 aliphatic heterocycles. The third kappa shape index (κ3) is 3.92. The largest absolute Gasteiger partial charge is 0.496 e. The molecule has 1 fully saturated rings. The quantitative estimate of drug-likeness (QED) is 0.580. The lowest BCUT2D eigenvalue weighted by molar-refractivity contribution is 0.00578. The molecule has 150 valence electrons. The predicted molar refractivity (Wildman–Crippen MR) is 109 cm³/mol. The maximum absolute atomic E-state index is 14.4. The molecule has 3 rings (SSSR count). The van der Waals surface area contributed by atoms with Gasteiger partial charge in [-0.25, -0.2) is 9.37 Å². The second-order valence-corrected chi connectivity index (χ2v) is 8.24. The molecule has 6 nitrogen and oxygen atoms in total. The van der Waals surface area contributed by atoms with Crippen LogP contribution >= 0.6 is 11.9 Å². The summed E-state index contributed by atoms with van der Waals surface area (Å²) in [4.78, 5) is 5.02. The van der Waals surface area contributed by atoms with Gasteiger partial charge in [0, 0.05) is 11.7 Å². The molecule has 28 heavy (non-hydrogen) atoms. The van der Waals surface area contributed by atoms with Gasteiger partial charge in [0.05, 0.1) is 36.0 Å². The molecule has 0 saturated carbocycles. The van der Waals surface area contributed by atoms with Crippen molar-refractivity contribution in [2.75, 3.05) is 18.9 Å². The van der Waals surface area contributed by atoms with Crippen LogP contribution in [-0.2, 0) is 9.31 Å². The number of aromatic nitrogens is 1. The Kier molecular flexibility index (Phi) is 5.79. The topological polar surface area (TPSA) is 61.8 Å². The average Bonchev–Trinajstić information content (AvgIpc) is 2.88. The van der Waals surface area contributed by atoms with E-state index in [9.17, 15) is 4.39 Å². The van der Waals surface area contributed by atoms with Crippen LogP contribution in [0.15, 0.2) is 35.4 Å². The van der Waals surface area contributed by atoms with E-state index in [2.05, 4.69) is 9.71 Å². The molecule has 0 radical (unpaired) electrons. The van der Waals surface area contributed by atoms with Gasteiger partial charge in [0.2, 0.25) is 5.88 Å². The zero-order valence-electron chi connectivity index (χ0n) is 16.8. The van der Waals surface area contributed by atoms with Crippen molar-refractivity contribution in [1.29, 1.82) is 0 Å². The van der Waals surface area contributed by atoms with Crippen molar-refractivity contribution in [3.05, 3.63) is 36.3 Å². The van der Waals surface area contributed by atoms with E-state index in [4.69, 9.17) is 18.8 Å². The first kappa shape index (κ1) is 20.8. The zero-order chi connectivity index (χ0) is 20.5. The van der Waals surface area contributed by atoms with E-state index >= 15 is 0 Å². The molecule has 0 atom stereocenters. The van der Waals surface area contributed by atoms with Crippen molar-refractivity contribution in [1.82, 2.24) is 4.98 Å². The SMILES string of the molecule is COc1cccc(NSc2cc(B3OC(C)(C)C(C)(C)O3)cnc2OC)c1F. The summed E-state index contributed by atoms with van der Waals surface area (Å²) in [7, 11) is 2.42. The normalized spacial score (nSPS) is 17.5. The maximum atomic E-state index is 14.4. The molecule has 0 bridgehead atoms. The Labute approximate surface area is 169 Å². The van der Waals surface area contributed by atoms with E-state index in [0.29, 0.717) is 16.5 Å². The van der Waals surface area contributed by atoms with Crippen LogP contribution in [0.5, 0.6) is 11.6 Å².